The van der Waals surface area contributed by atoms with E-state index in [0.717, 1.165) is 16.9 Å². The molecule has 1 atom stereocenters. The van der Waals surface area contributed by atoms with Crippen molar-refractivity contribution in [2.75, 3.05) is 34.8 Å². The van der Waals surface area contributed by atoms with Gasteiger partial charge in [0.2, 0.25) is 0 Å². The number of guanidine groups is 1. The molecule has 0 heterocycles. The molecule has 6 nitrogen and oxygen atoms in total. The largest absolute Gasteiger partial charge is 0.496 e. The molecule has 0 radical (unpaired) electrons. The van der Waals surface area contributed by atoms with Crippen LogP contribution in [0.2, 0.25) is 0 Å². The normalized spacial score (nSPS) is 12.4. The quantitative estimate of drug-likeness (QED) is 0.280. The van der Waals surface area contributed by atoms with Gasteiger partial charge in [0.1, 0.15) is 11.5 Å². The molecular formula is C22H31F2IN4O2. The third-order valence-corrected chi connectivity index (χ3v) is 4.69. The minimum absolute atomic E-state index is 0. The number of methoxy groups -OCH3 is 1. The van der Waals surface area contributed by atoms with Gasteiger partial charge in [-0.3, -0.25) is 4.99 Å². The molecule has 0 fully saturated rings. The van der Waals surface area contributed by atoms with Crippen molar-refractivity contribution in [2.45, 2.75) is 26.1 Å². The minimum Gasteiger partial charge on any atom is -0.496 e. The van der Waals surface area contributed by atoms with Crippen LogP contribution in [0.25, 0.3) is 0 Å². The summed E-state index contributed by atoms with van der Waals surface area (Å²) in [7, 11) is 7.31. The Bertz CT molecular complexity index is 850. The van der Waals surface area contributed by atoms with Crippen molar-refractivity contribution in [3.8, 4) is 11.5 Å². The third kappa shape index (κ3) is 8.13. The number of para-hydroxylation sites is 1. The number of halogens is 3. The smallest absolute Gasteiger partial charge is 0.387 e. The van der Waals surface area contributed by atoms with Gasteiger partial charge in [0.15, 0.2) is 5.96 Å². The van der Waals surface area contributed by atoms with Crippen LogP contribution in [-0.2, 0) is 6.54 Å². The number of aryl methyl sites for hydroxylation is 1. The number of benzene rings is 2. The highest BCUT2D eigenvalue weighted by Crippen LogP contribution is 2.27. The maximum Gasteiger partial charge on any atom is 0.387 e. The van der Waals surface area contributed by atoms with Crippen molar-refractivity contribution in [1.29, 1.82) is 0 Å². The number of nitrogens with zero attached hydrogens (tertiary/aromatic N) is 2. The zero-order chi connectivity index (χ0) is 22.1. The summed E-state index contributed by atoms with van der Waals surface area (Å²) in [5, 5.41) is 6.46. The molecule has 2 aromatic carbocycles. The number of alkyl halides is 2. The molecule has 0 aliphatic rings. The van der Waals surface area contributed by atoms with E-state index in [1.807, 2.05) is 51.4 Å². The van der Waals surface area contributed by atoms with Crippen LogP contribution in [0.3, 0.4) is 0 Å². The highest BCUT2D eigenvalue weighted by molar-refractivity contribution is 14.0. The van der Waals surface area contributed by atoms with Gasteiger partial charge in [-0.25, -0.2) is 0 Å². The molecule has 0 aromatic heterocycles. The Balaban J connectivity index is 0.00000480. The third-order valence-electron chi connectivity index (χ3n) is 4.69. The lowest BCUT2D eigenvalue weighted by atomic mass is 10.0. The van der Waals surface area contributed by atoms with Crippen LogP contribution in [0, 0.1) is 6.92 Å². The Morgan fingerprint density at radius 3 is 2.42 bits per heavy atom. The first kappa shape index (κ1) is 26.9. The second-order valence-corrected chi connectivity index (χ2v) is 7.02. The van der Waals surface area contributed by atoms with Crippen molar-refractivity contribution in [3.63, 3.8) is 0 Å². The van der Waals surface area contributed by atoms with Gasteiger partial charge in [-0.2, -0.15) is 8.78 Å². The molecule has 0 aliphatic heterocycles. The lowest BCUT2D eigenvalue weighted by molar-refractivity contribution is -0.0504. The standard InChI is InChI=1S/C22H30F2N4O2.HI/c1-15-10-11-19(30-21(23)24)16(12-15)13-26-22(25-2)27-14-18(28(3)4)17-8-6-7-9-20(17)29-5;/h6-12,18,21H,13-14H2,1-5H3,(H2,25,26,27);1H. The zero-order valence-corrected chi connectivity index (χ0v) is 20.8. The van der Waals surface area contributed by atoms with Crippen LogP contribution in [0.1, 0.15) is 22.7 Å². The first-order valence-electron chi connectivity index (χ1n) is 9.64. The molecule has 172 valence electrons. The lowest BCUT2D eigenvalue weighted by Gasteiger charge is -2.27. The molecule has 1 unspecified atom stereocenters. The Kier molecular flexibility index (Phi) is 11.5. The number of nitrogens with one attached hydrogen (secondary N) is 2. The van der Waals surface area contributed by atoms with Gasteiger partial charge in [-0.05, 0) is 33.2 Å². The number of aliphatic imine (C=N–C) groups is 1. The van der Waals surface area contributed by atoms with Crippen molar-refractivity contribution in [2.24, 2.45) is 4.99 Å². The van der Waals surface area contributed by atoms with E-state index in [2.05, 4.69) is 25.3 Å². The molecule has 31 heavy (non-hydrogen) atoms. The van der Waals surface area contributed by atoms with Gasteiger partial charge in [0, 0.05) is 31.3 Å². The van der Waals surface area contributed by atoms with Crippen molar-refractivity contribution < 1.29 is 18.3 Å². The van der Waals surface area contributed by atoms with E-state index in [9.17, 15) is 8.78 Å². The minimum atomic E-state index is -2.87. The summed E-state index contributed by atoms with van der Waals surface area (Å²) in [5.41, 5.74) is 2.65. The highest BCUT2D eigenvalue weighted by Gasteiger charge is 2.18. The number of rotatable bonds is 9. The van der Waals surface area contributed by atoms with E-state index in [4.69, 9.17) is 4.74 Å². The topological polar surface area (TPSA) is 58.1 Å². The summed E-state index contributed by atoms with van der Waals surface area (Å²) in [6.07, 6.45) is 0. The average Bonchev–Trinajstić information content (AvgIpc) is 2.71. The molecule has 2 N–H and O–H groups in total. The zero-order valence-electron chi connectivity index (χ0n) is 18.5. The number of likely N-dealkylation sites (N-methyl/N-ethyl adjacent to an activating group) is 1. The maximum atomic E-state index is 12.7. The van der Waals surface area contributed by atoms with Gasteiger partial charge in [-0.15, -0.1) is 24.0 Å². The van der Waals surface area contributed by atoms with Crippen LogP contribution in [0.4, 0.5) is 8.78 Å². The number of ether oxygens (including phenoxy) is 2. The van der Waals surface area contributed by atoms with Crippen LogP contribution in [0.5, 0.6) is 11.5 Å². The molecule has 0 saturated carbocycles. The summed E-state index contributed by atoms with van der Waals surface area (Å²) < 4.78 is 35.5. The second-order valence-electron chi connectivity index (χ2n) is 7.02. The average molecular weight is 548 g/mol. The Morgan fingerprint density at radius 1 is 1.10 bits per heavy atom. The van der Waals surface area contributed by atoms with Gasteiger partial charge < -0.3 is 25.0 Å². The van der Waals surface area contributed by atoms with Crippen molar-refractivity contribution >= 4 is 29.9 Å². The molecule has 2 aromatic rings. The van der Waals surface area contributed by atoms with Crippen molar-refractivity contribution in [3.05, 3.63) is 59.2 Å². The molecule has 0 aliphatic carbocycles. The maximum absolute atomic E-state index is 12.7. The molecule has 0 bridgehead atoms. The van der Waals surface area contributed by atoms with Crippen LogP contribution in [0.15, 0.2) is 47.5 Å². The summed E-state index contributed by atoms with van der Waals surface area (Å²) in [6.45, 7) is -0.102. The first-order chi connectivity index (χ1) is 14.3. The van der Waals surface area contributed by atoms with E-state index >= 15 is 0 Å². The SMILES string of the molecule is CN=C(NCc1cc(C)ccc1OC(F)F)NCC(c1ccccc1OC)N(C)C.I. The first-order valence-corrected chi connectivity index (χ1v) is 9.64. The van der Waals surface area contributed by atoms with Gasteiger partial charge in [-0.1, -0.05) is 35.9 Å². The van der Waals surface area contributed by atoms with Gasteiger partial charge in [0.05, 0.1) is 13.2 Å². The van der Waals surface area contributed by atoms with E-state index in [1.54, 1.807) is 26.3 Å². The van der Waals surface area contributed by atoms with Crippen LogP contribution < -0.4 is 20.1 Å². The van der Waals surface area contributed by atoms with E-state index in [1.165, 1.54) is 0 Å². The summed E-state index contributed by atoms with van der Waals surface area (Å²) in [6, 6.07) is 13.0. The fraction of sp³-hybridized carbons (Fsp3) is 0.409. The summed E-state index contributed by atoms with van der Waals surface area (Å²) >= 11 is 0. The fourth-order valence-electron chi connectivity index (χ4n) is 3.16. The Labute approximate surface area is 200 Å². The highest BCUT2D eigenvalue weighted by atomic mass is 127. The lowest BCUT2D eigenvalue weighted by Crippen LogP contribution is -2.41. The molecular weight excluding hydrogens is 517 g/mol. The van der Waals surface area contributed by atoms with E-state index in [0.29, 0.717) is 24.6 Å². The number of hydrogen-bond acceptors (Lipinski definition) is 4. The predicted octanol–water partition coefficient (Wildman–Crippen LogP) is 4.19. The number of hydrogen-bond donors (Lipinski definition) is 2. The van der Waals surface area contributed by atoms with E-state index in [-0.39, 0.29) is 35.8 Å². The van der Waals surface area contributed by atoms with E-state index < -0.39 is 6.61 Å². The monoisotopic (exact) mass is 548 g/mol. The second kappa shape index (κ2) is 13.3. The van der Waals surface area contributed by atoms with Crippen LogP contribution in [-0.4, -0.2) is 52.3 Å². The summed E-state index contributed by atoms with van der Waals surface area (Å²) in [5.74, 6) is 1.52. The van der Waals surface area contributed by atoms with Crippen LogP contribution >= 0.6 is 24.0 Å². The van der Waals surface area contributed by atoms with Gasteiger partial charge in [0.25, 0.3) is 0 Å². The Morgan fingerprint density at radius 2 is 1.81 bits per heavy atom. The molecule has 0 amide bonds. The molecule has 0 spiro atoms. The summed E-state index contributed by atoms with van der Waals surface area (Å²) in [4.78, 5) is 6.33. The molecule has 9 heteroatoms. The fourth-order valence-corrected chi connectivity index (χ4v) is 3.16. The molecule has 0 saturated heterocycles. The van der Waals surface area contributed by atoms with Crippen molar-refractivity contribution in [1.82, 2.24) is 15.5 Å². The van der Waals surface area contributed by atoms with Gasteiger partial charge >= 0.3 is 6.61 Å². The Hall–Kier alpha value is -2.14. The molecule has 2 rings (SSSR count). The predicted molar refractivity (Wildman–Crippen MR) is 131 cm³/mol.